The summed E-state index contributed by atoms with van der Waals surface area (Å²) in [6, 6.07) is 7.52. The number of anilines is 1. The smallest absolute Gasteiger partial charge is 0.157 e. The standard InChI is InChI=1S/C13H13N5O/c1-17(2)12-5-6-15-13(11(12)8-14)18-7-3-4-10(18)9-16-19/h3-7,9,19H,1-2H3/b16-9-. The lowest BCUT2D eigenvalue weighted by molar-refractivity contribution is 0.321. The van der Waals surface area contributed by atoms with Gasteiger partial charge in [-0.2, -0.15) is 5.26 Å². The summed E-state index contributed by atoms with van der Waals surface area (Å²) in [6.45, 7) is 0. The van der Waals surface area contributed by atoms with Crippen LogP contribution in [0.2, 0.25) is 0 Å². The van der Waals surface area contributed by atoms with E-state index in [1.165, 1.54) is 6.21 Å². The van der Waals surface area contributed by atoms with E-state index in [4.69, 9.17) is 5.21 Å². The summed E-state index contributed by atoms with van der Waals surface area (Å²) in [5, 5.41) is 21.0. The van der Waals surface area contributed by atoms with Crippen LogP contribution in [0.5, 0.6) is 0 Å². The number of pyridine rings is 1. The molecule has 6 heteroatoms. The molecule has 0 radical (unpaired) electrons. The van der Waals surface area contributed by atoms with E-state index in [2.05, 4.69) is 16.2 Å². The van der Waals surface area contributed by atoms with Crippen molar-refractivity contribution < 1.29 is 5.21 Å². The van der Waals surface area contributed by atoms with Gasteiger partial charge in [-0.15, -0.1) is 0 Å². The minimum absolute atomic E-state index is 0.469. The van der Waals surface area contributed by atoms with Crippen molar-refractivity contribution in [3.8, 4) is 11.9 Å². The van der Waals surface area contributed by atoms with Crippen LogP contribution in [0, 0.1) is 11.3 Å². The molecule has 0 aliphatic rings. The van der Waals surface area contributed by atoms with Crippen molar-refractivity contribution in [1.82, 2.24) is 9.55 Å². The van der Waals surface area contributed by atoms with Crippen molar-refractivity contribution >= 4 is 11.9 Å². The third-order valence-corrected chi connectivity index (χ3v) is 2.70. The van der Waals surface area contributed by atoms with Gasteiger partial charge in [-0.1, -0.05) is 5.16 Å². The average molecular weight is 255 g/mol. The maximum Gasteiger partial charge on any atom is 0.157 e. The summed E-state index contributed by atoms with van der Waals surface area (Å²) in [7, 11) is 3.73. The number of hydrogen-bond acceptors (Lipinski definition) is 5. The zero-order valence-electron chi connectivity index (χ0n) is 10.6. The highest BCUT2D eigenvalue weighted by atomic mass is 16.4. The lowest BCUT2D eigenvalue weighted by Gasteiger charge is -2.16. The van der Waals surface area contributed by atoms with Crippen LogP contribution in [0.15, 0.2) is 35.7 Å². The van der Waals surface area contributed by atoms with Gasteiger partial charge >= 0.3 is 0 Å². The van der Waals surface area contributed by atoms with Gasteiger partial charge in [-0.05, 0) is 18.2 Å². The summed E-state index contributed by atoms with van der Waals surface area (Å²) in [6.07, 6.45) is 4.70. The third kappa shape index (κ3) is 2.26. The molecule has 0 aliphatic heterocycles. The van der Waals surface area contributed by atoms with E-state index >= 15 is 0 Å². The number of aromatic nitrogens is 2. The second-order valence-corrected chi connectivity index (χ2v) is 4.08. The Morgan fingerprint density at radius 2 is 2.26 bits per heavy atom. The highest BCUT2D eigenvalue weighted by molar-refractivity contribution is 5.78. The molecule has 2 heterocycles. The first-order valence-electron chi connectivity index (χ1n) is 5.60. The largest absolute Gasteiger partial charge is 0.411 e. The Bertz CT molecular complexity index is 651. The van der Waals surface area contributed by atoms with Crippen molar-refractivity contribution in [3.63, 3.8) is 0 Å². The van der Waals surface area contributed by atoms with Gasteiger partial charge in [-0.25, -0.2) is 4.98 Å². The number of hydrogen-bond donors (Lipinski definition) is 1. The summed E-state index contributed by atoms with van der Waals surface area (Å²) < 4.78 is 1.70. The lowest BCUT2D eigenvalue weighted by atomic mass is 10.2. The van der Waals surface area contributed by atoms with E-state index < -0.39 is 0 Å². The molecule has 19 heavy (non-hydrogen) atoms. The summed E-state index contributed by atoms with van der Waals surface area (Å²) >= 11 is 0. The SMILES string of the molecule is CN(C)c1ccnc(-n2cccc2/C=N\O)c1C#N. The Balaban J connectivity index is 2.66. The first kappa shape index (κ1) is 12.6. The van der Waals surface area contributed by atoms with Crippen molar-refractivity contribution in [2.45, 2.75) is 0 Å². The third-order valence-electron chi connectivity index (χ3n) is 2.70. The Morgan fingerprint density at radius 3 is 2.89 bits per heavy atom. The molecule has 0 spiro atoms. The fourth-order valence-electron chi connectivity index (χ4n) is 1.85. The van der Waals surface area contributed by atoms with Gasteiger partial charge in [0.1, 0.15) is 11.6 Å². The van der Waals surface area contributed by atoms with Crippen LogP contribution < -0.4 is 4.90 Å². The molecule has 2 aromatic rings. The monoisotopic (exact) mass is 255 g/mol. The summed E-state index contributed by atoms with van der Waals surface area (Å²) in [5.41, 5.74) is 1.90. The molecule has 6 nitrogen and oxygen atoms in total. The summed E-state index contributed by atoms with van der Waals surface area (Å²) in [5.74, 6) is 0.508. The molecule has 0 aliphatic carbocycles. The predicted molar refractivity (Wildman–Crippen MR) is 72.0 cm³/mol. The molecular weight excluding hydrogens is 242 g/mol. The molecule has 0 amide bonds. The number of nitriles is 1. The van der Waals surface area contributed by atoms with Gasteiger partial charge in [0.25, 0.3) is 0 Å². The fraction of sp³-hybridized carbons (Fsp3) is 0.154. The quantitative estimate of drug-likeness (QED) is 0.513. The Kier molecular flexibility index (Phi) is 3.48. The molecule has 0 atom stereocenters. The molecule has 2 aromatic heterocycles. The van der Waals surface area contributed by atoms with Crippen LogP contribution in [0.25, 0.3) is 5.82 Å². The van der Waals surface area contributed by atoms with E-state index in [9.17, 15) is 5.26 Å². The normalized spacial score (nSPS) is 10.6. The maximum absolute atomic E-state index is 9.35. The van der Waals surface area contributed by atoms with Crippen LogP contribution in [0.4, 0.5) is 5.69 Å². The number of oxime groups is 1. The fourth-order valence-corrected chi connectivity index (χ4v) is 1.85. The topological polar surface area (TPSA) is 77.4 Å². The van der Waals surface area contributed by atoms with Crippen LogP contribution in [0.1, 0.15) is 11.3 Å². The van der Waals surface area contributed by atoms with Crippen molar-refractivity contribution in [1.29, 1.82) is 5.26 Å². The van der Waals surface area contributed by atoms with E-state index in [0.717, 1.165) is 5.69 Å². The van der Waals surface area contributed by atoms with Crippen LogP contribution in [-0.2, 0) is 0 Å². The molecular formula is C13H13N5O. The molecule has 96 valence electrons. The Labute approximate surface area is 110 Å². The minimum atomic E-state index is 0.469. The van der Waals surface area contributed by atoms with Gasteiger partial charge in [0.2, 0.25) is 0 Å². The van der Waals surface area contributed by atoms with E-state index in [1.54, 1.807) is 35.2 Å². The van der Waals surface area contributed by atoms with Gasteiger partial charge < -0.3 is 10.1 Å². The van der Waals surface area contributed by atoms with Crippen LogP contribution in [0.3, 0.4) is 0 Å². The molecule has 1 N–H and O–H groups in total. The summed E-state index contributed by atoms with van der Waals surface area (Å²) in [4.78, 5) is 6.10. The van der Waals surface area contributed by atoms with Crippen LogP contribution >= 0.6 is 0 Å². The van der Waals surface area contributed by atoms with Gasteiger partial charge in [0.15, 0.2) is 5.82 Å². The second-order valence-electron chi connectivity index (χ2n) is 4.08. The predicted octanol–water partition coefficient (Wildman–Crippen LogP) is 1.62. The highest BCUT2D eigenvalue weighted by Crippen LogP contribution is 2.23. The first-order chi connectivity index (χ1) is 9.19. The van der Waals surface area contributed by atoms with Gasteiger partial charge in [0.05, 0.1) is 17.6 Å². The molecule has 0 saturated heterocycles. The molecule has 0 saturated carbocycles. The molecule has 0 aromatic carbocycles. The molecule has 2 rings (SSSR count). The van der Waals surface area contributed by atoms with E-state index in [-0.39, 0.29) is 0 Å². The zero-order chi connectivity index (χ0) is 13.8. The Morgan fingerprint density at radius 1 is 1.47 bits per heavy atom. The van der Waals surface area contributed by atoms with Crippen molar-refractivity contribution in [2.75, 3.05) is 19.0 Å². The zero-order valence-corrected chi connectivity index (χ0v) is 10.6. The second kappa shape index (κ2) is 5.23. The lowest BCUT2D eigenvalue weighted by Crippen LogP contribution is -2.13. The molecule has 0 fully saturated rings. The van der Waals surface area contributed by atoms with Crippen molar-refractivity contribution in [3.05, 3.63) is 41.9 Å². The van der Waals surface area contributed by atoms with Crippen LogP contribution in [-0.4, -0.2) is 35.1 Å². The number of rotatable bonds is 3. The number of nitrogens with zero attached hydrogens (tertiary/aromatic N) is 5. The maximum atomic E-state index is 9.35. The van der Waals surface area contributed by atoms with Crippen molar-refractivity contribution in [2.24, 2.45) is 5.16 Å². The first-order valence-corrected chi connectivity index (χ1v) is 5.60. The molecule has 0 bridgehead atoms. The van der Waals surface area contributed by atoms with Gasteiger partial charge in [0, 0.05) is 26.5 Å². The molecule has 0 unspecified atom stereocenters. The Hall–Kier alpha value is -2.81. The van der Waals surface area contributed by atoms with Gasteiger partial charge in [-0.3, -0.25) is 4.57 Å². The van der Waals surface area contributed by atoms with E-state index in [0.29, 0.717) is 17.1 Å². The average Bonchev–Trinajstić information content (AvgIpc) is 2.86. The van der Waals surface area contributed by atoms with E-state index in [1.807, 2.05) is 19.0 Å². The highest BCUT2D eigenvalue weighted by Gasteiger charge is 2.14. The minimum Gasteiger partial charge on any atom is -0.411 e.